The van der Waals surface area contributed by atoms with Crippen LogP contribution in [0.15, 0.2) is 0 Å². The van der Waals surface area contributed by atoms with Gasteiger partial charge >= 0.3 is 17.6 Å². The molecule has 0 saturated carbocycles. The summed E-state index contributed by atoms with van der Waals surface area (Å²) in [7, 11) is 1.05. The van der Waals surface area contributed by atoms with Crippen LogP contribution in [0.3, 0.4) is 0 Å². The van der Waals surface area contributed by atoms with Gasteiger partial charge in [0.2, 0.25) is 0 Å². The zero-order valence-corrected chi connectivity index (χ0v) is 26.7. The van der Waals surface area contributed by atoms with Crippen molar-refractivity contribution in [2.45, 2.75) is 104 Å². The van der Waals surface area contributed by atoms with Crippen molar-refractivity contribution in [1.29, 1.82) is 0 Å². The van der Waals surface area contributed by atoms with Gasteiger partial charge in [0, 0.05) is 40.5 Å². The van der Waals surface area contributed by atoms with Crippen LogP contribution in [0.2, 0.25) is 12.1 Å². The predicted molar refractivity (Wildman–Crippen MR) is 152 cm³/mol. The van der Waals surface area contributed by atoms with Crippen molar-refractivity contribution in [3.05, 3.63) is 0 Å². The zero-order chi connectivity index (χ0) is 26.4. The summed E-state index contributed by atoms with van der Waals surface area (Å²) < 4.78 is 30.5. The van der Waals surface area contributed by atoms with Crippen LogP contribution >= 0.6 is 0 Å². The fourth-order valence-corrected chi connectivity index (χ4v) is 10.7. The largest absolute Gasteiger partial charge is 0.493 e. The molecule has 0 saturated heterocycles. The summed E-state index contributed by atoms with van der Waals surface area (Å²) >= 11 is 0. The highest BCUT2D eigenvalue weighted by atomic mass is 28.5. The first-order valence-electron chi connectivity index (χ1n) is 14.3. The van der Waals surface area contributed by atoms with E-state index < -0.39 is 17.6 Å². The van der Waals surface area contributed by atoms with E-state index in [0.717, 1.165) is 64.2 Å². The molecule has 0 aliphatic rings. The van der Waals surface area contributed by atoms with Crippen LogP contribution in [0, 0.1) is 0 Å². The first-order chi connectivity index (χ1) is 16.9. The molecule has 0 amide bonds. The van der Waals surface area contributed by atoms with E-state index in [4.69, 9.17) is 21.8 Å². The third-order valence-electron chi connectivity index (χ3n) is 6.78. The molecular weight excluding hydrogens is 476 g/mol. The van der Waals surface area contributed by atoms with Crippen molar-refractivity contribution in [2.24, 2.45) is 0 Å². The van der Waals surface area contributed by atoms with Crippen molar-refractivity contribution >= 4 is 17.6 Å². The minimum Gasteiger partial charge on any atom is -0.377 e. The molecule has 7 nitrogen and oxygen atoms in total. The fourth-order valence-electron chi connectivity index (χ4n) is 4.32. The summed E-state index contributed by atoms with van der Waals surface area (Å²) in [6.07, 6.45) is 11.9. The molecule has 0 atom stereocenters. The Balaban J connectivity index is 5.09. The molecule has 0 aromatic carbocycles. The van der Waals surface area contributed by atoms with Gasteiger partial charge in [0.1, 0.15) is 0 Å². The van der Waals surface area contributed by atoms with Gasteiger partial charge in [-0.1, -0.05) is 53.4 Å². The average molecular weight is 537 g/mol. The standard InChI is InChI=1S/C26H60N2O5Si2/c1-9-13-19-27(20-14-10-2)23-17-25-34(29-5,30-6)33-35(31-7,32-8)26-18-24-28(21-15-11-3)22-16-12-4/h9-26H2,1-8H3. The van der Waals surface area contributed by atoms with Crippen LogP contribution < -0.4 is 0 Å². The normalized spacial score (nSPS) is 12.9. The number of rotatable bonds is 26. The van der Waals surface area contributed by atoms with Crippen molar-refractivity contribution in [3.8, 4) is 0 Å². The van der Waals surface area contributed by atoms with Gasteiger partial charge in [0.15, 0.2) is 0 Å². The maximum Gasteiger partial charge on any atom is 0.493 e. The number of hydrogen-bond acceptors (Lipinski definition) is 7. The van der Waals surface area contributed by atoms with E-state index in [0.29, 0.717) is 0 Å². The summed E-state index contributed by atoms with van der Waals surface area (Å²) in [5.41, 5.74) is 0. The minimum absolute atomic E-state index is 0.773. The highest BCUT2D eigenvalue weighted by Gasteiger charge is 2.51. The fraction of sp³-hybridized carbons (Fsp3) is 1.00. The van der Waals surface area contributed by atoms with E-state index in [-0.39, 0.29) is 0 Å². The molecule has 0 aromatic heterocycles. The second-order valence-electron chi connectivity index (χ2n) is 9.59. The van der Waals surface area contributed by atoms with Crippen molar-refractivity contribution in [3.63, 3.8) is 0 Å². The molecule has 0 heterocycles. The van der Waals surface area contributed by atoms with Crippen LogP contribution in [0.1, 0.15) is 91.9 Å². The SMILES string of the molecule is CCCCN(CCCC)CCC[Si](OC)(OC)O[Si](CCCN(CCCC)CCCC)(OC)OC. The Morgan fingerprint density at radius 3 is 0.914 bits per heavy atom. The van der Waals surface area contributed by atoms with E-state index >= 15 is 0 Å². The monoisotopic (exact) mass is 536 g/mol. The lowest BCUT2D eigenvalue weighted by Gasteiger charge is -2.36. The Labute approximate surface area is 220 Å². The van der Waals surface area contributed by atoms with Crippen LogP contribution in [-0.2, 0) is 21.8 Å². The lowest BCUT2D eigenvalue weighted by molar-refractivity contribution is 0.0844. The van der Waals surface area contributed by atoms with Crippen molar-refractivity contribution < 1.29 is 21.8 Å². The molecule has 0 unspecified atom stereocenters. The first-order valence-corrected chi connectivity index (χ1v) is 18.2. The Hall–Kier alpha value is 0.154. The quantitative estimate of drug-likeness (QED) is 0.125. The third-order valence-corrected chi connectivity index (χ3v) is 13.7. The Morgan fingerprint density at radius 2 is 0.686 bits per heavy atom. The molecule has 35 heavy (non-hydrogen) atoms. The highest BCUT2D eigenvalue weighted by Crippen LogP contribution is 2.26. The maximum atomic E-state index is 6.66. The van der Waals surface area contributed by atoms with E-state index in [1.807, 2.05) is 0 Å². The third kappa shape index (κ3) is 15.2. The average Bonchev–Trinajstić information content (AvgIpc) is 2.89. The smallest absolute Gasteiger partial charge is 0.377 e. The van der Waals surface area contributed by atoms with E-state index in [1.54, 1.807) is 28.4 Å². The molecule has 0 aliphatic heterocycles. The summed E-state index contributed by atoms with van der Waals surface area (Å²) in [6, 6.07) is 1.55. The van der Waals surface area contributed by atoms with Gasteiger partial charge in [-0.25, -0.2) is 0 Å². The molecule has 0 spiro atoms. The number of hydrogen-bond donors (Lipinski definition) is 0. The van der Waals surface area contributed by atoms with Crippen LogP contribution in [-0.4, -0.2) is 95.1 Å². The summed E-state index contributed by atoms with van der Waals surface area (Å²) in [6.45, 7) is 15.8. The van der Waals surface area contributed by atoms with E-state index in [9.17, 15) is 0 Å². The molecule has 0 fully saturated rings. The molecule has 0 radical (unpaired) electrons. The molecule has 0 bridgehead atoms. The molecule has 0 aromatic rings. The van der Waals surface area contributed by atoms with E-state index in [2.05, 4.69) is 37.5 Å². The molecule has 0 aliphatic carbocycles. The predicted octanol–water partition coefficient (Wildman–Crippen LogP) is 6.05. The number of unbranched alkanes of at least 4 members (excludes halogenated alkanes) is 4. The molecule has 0 N–H and O–H groups in total. The number of nitrogens with zero attached hydrogens (tertiary/aromatic N) is 2. The van der Waals surface area contributed by atoms with Crippen molar-refractivity contribution in [2.75, 3.05) is 67.7 Å². The molecule has 9 heteroatoms. The van der Waals surface area contributed by atoms with Gasteiger partial charge in [0.25, 0.3) is 0 Å². The lowest BCUT2D eigenvalue weighted by atomic mass is 10.2. The Bertz CT molecular complexity index is 413. The Morgan fingerprint density at radius 1 is 0.429 bits per heavy atom. The highest BCUT2D eigenvalue weighted by molar-refractivity contribution is 6.74. The van der Waals surface area contributed by atoms with Gasteiger partial charge in [-0.2, -0.15) is 0 Å². The molecule has 212 valence electrons. The second kappa shape index (κ2) is 22.2. The van der Waals surface area contributed by atoms with E-state index in [1.165, 1.54) is 51.4 Å². The van der Waals surface area contributed by atoms with Gasteiger partial charge < -0.3 is 31.6 Å². The van der Waals surface area contributed by atoms with Crippen LogP contribution in [0.25, 0.3) is 0 Å². The van der Waals surface area contributed by atoms with Crippen molar-refractivity contribution in [1.82, 2.24) is 9.80 Å². The lowest BCUT2D eigenvalue weighted by Crippen LogP contribution is -2.57. The maximum absolute atomic E-state index is 6.66. The van der Waals surface area contributed by atoms with Gasteiger partial charge in [-0.05, 0) is 77.8 Å². The first kappa shape index (κ1) is 35.2. The van der Waals surface area contributed by atoms with Crippen LogP contribution in [0.5, 0.6) is 0 Å². The van der Waals surface area contributed by atoms with Gasteiger partial charge in [0.05, 0.1) is 0 Å². The molecule has 0 rings (SSSR count). The van der Waals surface area contributed by atoms with Gasteiger partial charge in [-0.3, -0.25) is 0 Å². The minimum atomic E-state index is -2.90. The summed E-state index contributed by atoms with van der Waals surface area (Å²) in [4.78, 5) is 5.16. The van der Waals surface area contributed by atoms with Gasteiger partial charge in [-0.15, -0.1) is 0 Å². The Kier molecular flexibility index (Phi) is 22.3. The van der Waals surface area contributed by atoms with Crippen LogP contribution in [0.4, 0.5) is 0 Å². The summed E-state index contributed by atoms with van der Waals surface area (Å²) in [5, 5.41) is 0. The summed E-state index contributed by atoms with van der Waals surface area (Å²) in [5.74, 6) is 0. The topological polar surface area (TPSA) is 52.6 Å². The zero-order valence-electron chi connectivity index (χ0n) is 24.7. The molecular formula is C26H60N2O5Si2. The second-order valence-corrected chi connectivity index (χ2v) is 15.8.